The molecule has 1 saturated carbocycles. The zero-order valence-corrected chi connectivity index (χ0v) is 14.2. The molecule has 2 aromatic carbocycles. The van der Waals surface area contributed by atoms with Gasteiger partial charge in [0.05, 0.1) is 12.7 Å². The predicted octanol–water partition coefficient (Wildman–Crippen LogP) is 3.42. The average Bonchev–Trinajstić information content (AvgIpc) is 2.75. The zero-order chi connectivity index (χ0) is 16.9. The highest BCUT2D eigenvalue weighted by Crippen LogP contribution is 2.55. The Morgan fingerprint density at radius 2 is 1.92 bits per heavy atom. The van der Waals surface area contributed by atoms with Gasteiger partial charge in [0, 0.05) is 23.1 Å². The number of rotatable bonds is 2. The molecule has 5 atom stereocenters. The number of nitrogens with one attached hydrogen (secondary N) is 1. The van der Waals surface area contributed by atoms with E-state index in [1.165, 1.54) is 16.7 Å². The molecule has 1 fully saturated rings. The van der Waals surface area contributed by atoms with Crippen LogP contribution in [-0.4, -0.2) is 28.5 Å². The Morgan fingerprint density at radius 3 is 2.62 bits per heavy atom. The van der Waals surface area contributed by atoms with Crippen molar-refractivity contribution in [3.05, 3.63) is 65.2 Å². The summed E-state index contributed by atoms with van der Waals surface area (Å²) in [6.07, 6.45) is 0.340. The number of hydrogen-bond acceptors (Lipinski definition) is 3. The van der Waals surface area contributed by atoms with Gasteiger partial charge < -0.3 is 15.5 Å². The van der Waals surface area contributed by atoms with Crippen LogP contribution < -0.4 is 5.32 Å². The van der Waals surface area contributed by atoms with Crippen molar-refractivity contribution in [2.75, 3.05) is 11.9 Å². The van der Waals surface area contributed by atoms with Gasteiger partial charge >= 0.3 is 0 Å². The van der Waals surface area contributed by atoms with Gasteiger partial charge in [-0.25, -0.2) is 0 Å². The van der Waals surface area contributed by atoms with Gasteiger partial charge in [-0.2, -0.15) is 0 Å². The smallest absolute Gasteiger partial charge is 0.0687 e. The molecule has 5 rings (SSSR count). The molecule has 0 amide bonds. The molecular formula is C21H25NO2. The van der Waals surface area contributed by atoms with Gasteiger partial charge in [0.2, 0.25) is 0 Å². The first-order valence-electron chi connectivity index (χ1n) is 8.76. The van der Waals surface area contributed by atoms with E-state index >= 15 is 0 Å². The van der Waals surface area contributed by atoms with Gasteiger partial charge in [0.1, 0.15) is 0 Å². The van der Waals surface area contributed by atoms with Crippen molar-refractivity contribution in [2.24, 2.45) is 5.92 Å². The van der Waals surface area contributed by atoms with Crippen molar-refractivity contribution in [1.82, 2.24) is 0 Å². The van der Waals surface area contributed by atoms with Crippen LogP contribution in [0.15, 0.2) is 48.5 Å². The minimum atomic E-state index is -0.561. The number of anilines is 1. The fraction of sp³-hybridized carbons (Fsp3) is 0.429. The lowest BCUT2D eigenvalue weighted by Crippen LogP contribution is -2.55. The number of hydrogen-bond donors (Lipinski definition) is 3. The van der Waals surface area contributed by atoms with Crippen molar-refractivity contribution in [1.29, 1.82) is 0 Å². The molecule has 2 bridgehead atoms. The van der Waals surface area contributed by atoms with E-state index < -0.39 is 6.10 Å². The summed E-state index contributed by atoms with van der Waals surface area (Å²) in [4.78, 5) is 0. The van der Waals surface area contributed by atoms with E-state index in [0.717, 1.165) is 12.1 Å². The first kappa shape index (κ1) is 15.7. The Hall–Kier alpha value is -1.84. The van der Waals surface area contributed by atoms with Crippen LogP contribution in [0, 0.1) is 12.8 Å². The van der Waals surface area contributed by atoms with E-state index in [1.807, 2.05) is 6.07 Å². The van der Waals surface area contributed by atoms with Gasteiger partial charge in [-0.3, -0.25) is 0 Å². The van der Waals surface area contributed by atoms with Crippen LogP contribution >= 0.6 is 0 Å². The Balaban J connectivity index is 1.92. The third kappa shape index (κ3) is 2.27. The molecule has 3 N–H and O–H groups in total. The number of aliphatic hydroxyl groups excluding tert-OH is 2. The van der Waals surface area contributed by atoms with Crippen molar-refractivity contribution >= 4 is 5.69 Å². The monoisotopic (exact) mass is 323 g/mol. The Morgan fingerprint density at radius 1 is 1.17 bits per heavy atom. The Kier molecular flexibility index (Phi) is 3.66. The second kappa shape index (κ2) is 5.61. The maximum absolute atomic E-state index is 11.2. The van der Waals surface area contributed by atoms with Gasteiger partial charge in [0.25, 0.3) is 0 Å². The molecule has 0 aromatic heterocycles. The summed E-state index contributed by atoms with van der Waals surface area (Å²) in [5.74, 6) is 0.0715. The Labute approximate surface area is 143 Å². The number of fused-ring (bicyclic) bond motifs is 2. The summed E-state index contributed by atoms with van der Waals surface area (Å²) in [7, 11) is 0. The quantitative estimate of drug-likeness (QED) is 0.794. The van der Waals surface area contributed by atoms with Crippen LogP contribution in [0.2, 0.25) is 0 Å². The van der Waals surface area contributed by atoms with Crippen LogP contribution in [0.5, 0.6) is 0 Å². The predicted molar refractivity (Wildman–Crippen MR) is 96.3 cm³/mol. The minimum absolute atomic E-state index is 0.00234. The van der Waals surface area contributed by atoms with Crippen molar-refractivity contribution < 1.29 is 10.2 Å². The first-order valence-corrected chi connectivity index (χ1v) is 8.76. The van der Waals surface area contributed by atoms with Crippen LogP contribution in [0.3, 0.4) is 0 Å². The fourth-order valence-electron chi connectivity index (χ4n) is 4.86. The highest BCUT2D eigenvalue weighted by molar-refractivity contribution is 5.60. The van der Waals surface area contributed by atoms with Gasteiger partial charge in [0.15, 0.2) is 0 Å². The lowest BCUT2D eigenvalue weighted by molar-refractivity contribution is -0.0199. The molecule has 3 nitrogen and oxygen atoms in total. The highest BCUT2D eigenvalue weighted by Gasteiger charge is 2.54. The van der Waals surface area contributed by atoms with E-state index in [0.29, 0.717) is 0 Å². The van der Waals surface area contributed by atoms with Gasteiger partial charge in [-0.1, -0.05) is 48.0 Å². The fourth-order valence-corrected chi connectivity index (χ4v) is 4.86. The van der Waals surface area contributed by atoms with Crippen LogP contribution in [-0.2, 0) is 0 Å². The summed E-state index contributed by atoms with van der Waals surface area (Å²) in [6.45, 7) is 4.22. The zero-order valence-electron chi connectivity index (χ0n) is 14.2. The molecule has 1 aliphatic carbocycles. The summed E-state index contributed by atoms with van der Waals surface area (Å²) in [5.41, 5.74) is 4.41. The van der Waals surface area contributed by atoms with Crippen molar-refractivity contribution in [3.63, 3.8) is 0 Å². The molecule has 0 saturated heterocycles. The van der Waals surface area contributed by atoms with E-state index in [1.54, 1.807) is 0 Å². The number of benzene rings is 2. The SMILES string of the molecule is Cc1ccc2c(c1)[C@@H]1[C@@H](O)[C@@H](CO)[C@@](C)(C[C@H]1c1ccccc1)N2. The van der Waals surface area contributed by atoms with E-state index in [2.05, 4.69) is 61.6 Å². The maximum Gasteiger partial charge on any atom is 0.0687 e. The third-order valence-electron chi connectivity index (χ3n) is 6.09. The second-order valence-corrected chi connectivity index (χ2v) is 7.66. The molecule has 24 heavy (non-hydrogen) atoms. The summed E-state index contributed by atoms with van der Waals surface area (Å²) in [5, 5.41) is 24.8. The number of aryl methyl sites for hydroxylation is 1. The maximum atomic E-state index is 11.2. The topological polar surface area (TPSA) is 52.5 Å². The summed E-state index contributed by atoms with van der Waals surface area (Å²) in [6, 6.07) is 16.9. The average molecular weight is 323 g/mol. The molecule has 0 radical (unpaired) electrons. The largest absolute Gasteiger partial charge is 0.396 e. The van der Waals surface area contributed by atoms with Crippen LogP contribution in [0.1, 0.15) is 41.9 Å². The van der Waals surface area contributed by atoms with Gasteiger partial charge in [-0.15, -0.1) is 0 Å². The molecular weight excluding hydrogens is 298 g/mol. The van der Waals surface area contributed by atoms with Crippen LogP contribution in [0.4, 0.5) is 5.69 Å². The van der Waals surface area contributed by atoms with E-state index in [4.69, 9.17) is 0 Å². The molecule has 3 aliphatic rings. The molecule has 0 unspecified atom stereocenters. The molecule has 3 heteroatoms. The van der Waals surface area contributed by atoms with Crippen molar-refractivity contribution in [2.45, 2.75) is 43.7 Å². The summed E-state index contributed by atoms with van der Waals surface area (Å²) >= 11 is 0. The number of aliphatic hydroxyl groups is 2. The van der Waals surface area contributed by atoms with Gasteiger partial charge in [-0.05, 0) is 43.4 Å². The van der Waals surface area contributed by atoms with E-state index in [9.17, 15) is 10.2 Å². The molecule has 2 aliphatic heterocycles. The second-order valence-electron chi connectivity index (χ2n) is 7.66. The standard InChI is InChI=1S/C21H25NO2/c1-13-8-9-18-15(10-13)19-16(14-6-4-3-5-7-14)11-21(2,22-18)17(12-23)20(19)24/h3-10,16-17,19-20,22-24H,11-12H2,1-2H3/t16-,17+,19-,20-,21+/m0/s1. The minimum Gasteiger partial charge on any atom is -0.396 e. The normalized spacial score (nSPS) is 34.3. The van der Waals surface area contributed by atoms with E-state index in [-0.39, 0.29) is 29.9 Å². The van der Waals surface area contributed by atoms with Crippen molar-refractivity contribution in [3.8, 4) is 0 Å². The lowest BCUT2D eigenvalue weighted by Gasteiger charge is -2.48. The highest BCUT2D eigenvalue weighted by atomic mass is 16.3. The molecule has 2 heterocycles. The Bertz CT molecular complexity index is 745. The first-order chi connectivity index (χ1) is 11.5. The lowest BCUT2D eigenvalue weighted by atomic mass is 9.61. The molecule has 2 aromatic rings. The summed E-state index contributed by atoms with van der Waals surface area (Å²) < 4.78 is 0. The molecule has 126 valence electrons. The van der Waals surface area contributed by atoms with Crippen LogP contribution in [0.25, 0.3) is 0 Å². The third-order valence-corrected chi connectivity index (χ3v) is 6.09. The molecule has 0 spiro atoms.